The Morgan fingerprint density at radius 1 is 0.979 bits per heavy atom. The molecular formula is C35H49NO11. The number of hydrogen-bond donors (Lipinski definition) is 2. The Kier molecular flexibility index (Phi) is 8.02. The standard InChI is InChI=1S/C35H49NO11/c1-8-36-16-32(17-41-3)22(38)13-23(43-5)35-21-14-33(40)24(44-6)15-34(47-18(2)37,26(29(35)36)27(45-7)28(32)35)25(21)30(33)46-31(39)19-9-11-20(42-4)12-10-19/h9-12,21-30,38,40H,8,13-17H2,1-7H3/t21-,22-,23+,24+,25-,26+,27+,28-,29+,30-,32+,33-,34-,35+/m1/s1. The molecular weight excluding hydrogens is 610 g/mol. The first kappa shape index (κ1) is 33.2. The SMILES string of the molecule is CCN1C[C@]2(COC)[C@H](O)C[C@H](OC)[C@@]34[C@@H]5C[C@@]6(O)[C@@H](OC)C[C@@](OC(C)=O)([C@H]5[C@H]6OC(=O)c5ccc(OC)cc5)[C@@H]([C@H](OC)[C@H]23)[C@H]14. The van der Waals surface area contributed by atoms with Gasteiger partial charge in [0, 0.05) is 89.4 Å². The summed E-state index contributed by atoms with van der Waals surface area (Å²) in [6.07, 6.45) is -2.70. The Hall–Kier alpha value is -2.32. The molecule has 1 aromatic rings. The van der Waals surface area contributed by atoms with E-state index in [1.807, 2.05) is 0 Å². The quantitative estimate of drug-likeness (QED) is 0.353. The summed E-state index contributed by atoms with van der Waals surface area (Å²) in [6.45, 7) is 5.04. The van der Waals surface area contributed by atoms with Crippen LogP contribution < -0.4 is 4.74 Å². The fraction of sp³-hybridized carbons (Fsp3) is 0.771. The third-order valence-electron chi connectivity index (χ3n) is 13.4. The Morgan fingerprint density at radius 2 is 1.68 bits per heavy atom. The molecule has 12 heteroatoms. The zero-order chi connectivity index (χ0) is 33.7. The molecule has 6 aliphatic rings. The first-order valence-electron chi connectivity index (χ1n) is 16.7. The van der Waals surface area contributed by atoms with E-state index in [2.05, 4.69) is 11.8 Å². The summed E-state index contributed by atoms with van der Waals surface area (Å²) >= 11 is 0. The van der Waals surface area contributed by atoms with Gasteiger partial charge in [0.25, 0.3) is 0 Å². The van der Waals surface area contributed by atoms with Crippen LogP contribution in [0.2, 0.25) is 0 Å². The van der Waals surface area contributed by atoms with Crippen molar-refractivity contribution in [3.05, 3.63) is 29.8 Å². The van der Waals surface area contributed by atoms with Crippen LogP contribution in [0, 0.1) is 34.5 Å². The number of benzene rings is 1. The minimum absolute atomic E-state index is 0.179. The van der Waals surface area contributed by atoms with Crippen molar-refractivity contribution >= 4 is 11.9 Å². The van der Waals surface area contributed by atoms with E-state index < -0.39 is 76.3 Å². The lowest BCUT2D eigenvalue weighted by Crippen LogP contribution is -2.79. The summed E-state index contributed by atoms with van der Waals surface area (Å²) in [5.74, 6) is -2.10. The molecule has 7 bridgehead atoms. The maximum Gasteiger partial charge on any atom is 0.338 e. The highest BCUT2D eigenvalue weighted by atomic mass is 16.6. The fourth-order valence-corrected chi connectivity index (χ4v) is 12.4. The van der Waals surface area contributed by atoms with Gasteiger partial charge in [0.1, 0.15) is 23.1 Å². The summed E-state index contributed by atoms with van der Waals surface area (Å²) in [6, 6.07) is 6.44. The highest BCUT2D eigenvalue weighted by molar-refractivity contribution is 5.89. The fourth-order valence-electron chi connectivity index (χ4n) is 12.4. The molecule has 5 saturated carbocycles. The molecule has 1 aromatic carbocycles. The van der Waals surface area contributed by atoms with Gasteiger partial charge in [-0.05, 0) is 43.1 Å². The van der Waals surface area contributed by atoms with E-state index in [-0.39, 0.29) is 30.7 Å². The van der Waals surface area contributed by atoms with Gasteiger partial charge in [-0.15, -0.1) is 0 Å². The van der Waals surface area contributed by atoms with Gasteiger partial charge in [-0.2, -0.15) is 0 Å². The number of ether oxygens (including phenoxy) is 7. The normalized spacial score (nSPS) is 47.4. The smallest absolute Gasteiger partial charge is 0.338 e. The number of hydrogen-bond acceptors (Lipinski definition) is 12. The van der Waals surface area contributed by atoms with Gasteiger partial charge in [0.2, 0.25) is 0 Å². The average molecular weight is 660 g/mol. The van der Waals surface area contributed by atoms with Crippen molar-refractivity contribution in [3.63, 3.8) is 0 Å². The molecule has 5 aliphatic carbocycles. The third-order valence-corrected chi connectivity index (χ3v) is 13.4. The molecule has 14 atom stereocenters. The van der Waals surface area contributed by atoms with Gasteiger partial charge < -0.3 is 43.4 Å². The molecule has 260 valence electrons. The Morgan fingerprint density at radius 3 is 2.26 bits per heavy atom. The first-order valence-corrected chi connectivity index (χ1v) is 16.7. The molecule has 1 heterocycles. The number of rotatable bonds is 10. The number of nitrogens with zero attached hydrogens (tertiary/aromatic N) is 1. The summed E-state index contributed by atoms with van der Waals surface area (Å²) in [7, 11) is 8.11. The molecule has 0 amide bonds. The van der Waals surface area contributed by atoms with Crippen LogP contribution in [0.15, 0.2) is 24.3 Å². The van der Waals surface area contributed by atoms with Crippen molar-refractivity contribution in [2.45, 2.75) is 80.9 Å². The molecule has 1 aliphatic heterocycles. The van der Waals surface area contributed by atoms with Crippen molar-refractivity contribution in [1.29, 1.82) is 0 Å². The number of esters is 2. The van der Waals surface area contributed by atoms with Crippen LogP contribution in [0.4, 0.5) is 0 Å². The predicted octanol–water partition coefficient (Wildman–Crippen LogP) is 1.69. The van der Waals surface area contributed by atoms with E-state index in [0.29, 0.717) is 37.4 Å². The predicted molar refractivity (Wildman–Crippen MR) is 166 cm³/mol. The lowest BCUT2D eigenvalue weighted by atomic mass is 9.42. The van der Waals surface area contributed by atoms with Gasteiger partial charge in [-0.3, -0.25) is 9.69 Å². The van der Waals surface area contributed by atoms with Crippen LogP contribution in [0.5, 0.6) is 5.75 Å². The maximum atomic E-state index is 13.9. The lowest BCUT2D eigenvalue weighted by molar-refractivity contribution is -0.300. The highest BCUT2D eigenvalue weighted by Crippen LogP contribution is 2.80. The minimum Gasteiger partial charge on any atom is -0.497 e. The molecule has 1 saturated heterocycles. The van der Waals surface area contributed by atoms with E-state index in [1.165, 1.54) is 14.0 Å². The van der Waals surface area contributed by atoms with E-state index in [9.17, 15) is 19.8 Å². The van der Waals surface area contributed by atoms with Crippen molar-refractivity contribution in [2.24, 2.45) is 34.5 Å². The second-order valence-electron chi connectivity index (χ2n) is 14.7. The van der Waals surface area contributed by atoms with Gasteiger partial charge in [0.15, 0.2) is 0 Å². The van der Waals surface area contributed by atoms with E-state index >= 15 is 0 Å². The number of fused-ring (bicyclic) bond motifs is 2. The van der Waals surface area contributed by atoms with E-state index in [0.717, 1.165) is 0 Å². The van der Waals surface area contributed by atoms with E-state index in [1.54, 1.807) is 52.7 Å². The minimum atomic E-state index is -1.58. The molecule has 7 rings (SSSR count). The molecule has 47 heavy (non-hydrogen) atoms. The zero-order valence-electron chi connectivity index (χ0n) is 28.3. The number of piperidine rings is 1. The van der Waals surface area contributed by atoms with E-state index in [4.69, 9.17) is 33.2 Å². The molecule has 0 aromatic heterocycles. The topological polar surface area (TPSA) is 142 Å². The summed E-state index contributed by atoms with van der Waals surface area (Å²) in [4.78, 5) is 29.5. The Labute approximate surface area is 275 Å². The lowest BCUT2D eigenvalue weighted by Gasteiger charge is -2.70. The molecule has 1 spiro atoms. The van der Waals surface area contributed by atoms with Gasteiger partial charge in [-0.25, -0.2) is 4.79 Å². The van der Waals surface area contributed by atoms with Crippen LogP contribution in [0.3, 0.4) is 0 Å². The molecule has 0 radical (unpaired) electrons. The van der Waals surface area contributed by atoms with Gasteiger partial charge >= 0.3 is 11.9 Å². The van der Waals surface area contributed by atoms with Crippen molar-refractivity contribution in [2.75, 3.05) is 55.2 Å². The molecule has 2 N–H and O–H groups in total. The largest absolute Gasteiger partial charge is 0.497 e. The number of aliphatic hydroxyl groups excluding tert-OH is 1. The van der Waals surface area contributed by atoms with Crippen LogP contribution in [-0.4, -0.2) is 130 Å². The highest BCUT2D eigenvalue weighted by Gasteiger charge is 2.90. The monoisotopic (exact) mass is 659 g/mol. The second-order valence-corrected chi connectivity index (χ2v) is 14.7. The zero-order valence-corrected chi connectivity index (χ0v) is 28.3. The third kappa shape index (κ3) is 4.00. The van der Waals surface area contributed by atoms with Crippen molar-refractivity contribution in [1.82, 2.24) is 4.90 Å². The summed E-state index contributed by atoms with van der Waals surface area (Å²) in [5, 5.41) is 24.8. The Bertz CT molecular complexity index is 1390. The number of likely N-dealkylation sites (tertiary alicyclic amines) is 1. The maximum absolute atomic E-state index is 13.9. The van der Waals surface area contributed by atoms with Crippen LogP contribution in [0.1, 0.15) is 43.5 Å². The van der Waals surface area contributed by atoms with Crippen molar-refractivity contribution < 1.29 is 53.0 Å². The first-order chi connectivity index (χ1) is 22.5. The number of carbonyl (C=O) groups is 2. The summed E-state index contributed by atoms with van der Waals surface area (Å²) in [5.41, 5.74) is -3.89. The second kappa shape index (κ2) is 11.4. The van der Waals surface area contributed by atoms with Crippen LogP contribution in [-0.2, 0) is 33.2 Å². The van der Waals surface area contributed by atoms with Crippen LogP contribution >= 0.6 is 0 Å². The number of methoxy groups -OCH3 is 5. The van der Waals surface area contributed by atoms with Crippen LogP contribution in [0.25, 0.3) is 0 Å². The average Bonchev–Trinajstić information content (AvgIpc) is 3.43. The van der Waals surface area contributed by atoms with Crippen molar-refractivity contribution in [3.8, 4) is 5.75 Å². The number of carbonyl (C=O) groups excluding carboxylic acids is 2. The molecule has 6 fully saturated rings. The number of aliphatic hydroxyl groups is 2. The molecule has 0 unspecified atom stereocenters. The van der Waals surface area contributed by atoms with Gasteiger partial charge in [-0.1, -0.05) is 6.92 Å². The molecule has 12 nitrogen and oxygen atoms in total. The van der Waals surface area contributed by atoms with Gasteiger partial charge in [0.05, 0.1) is 43.7 Å². The Balaban J connectivity index is 1.47. The summed E-state index contributed by atoms with van der Waals surface area (Å²) < 4.78 is 43.2.